The third-order valence-corrected chi connectivity index (χ3v) is 5.64. The molecule has 0 spiro atoms. The van der Waals surface area contributed by atoms with E-state index in [1.807, 2.05) is 24.3 Å². The first-order valence-electron chi connectivity index (χ1n) is 10.5. The van der Waals surface area contributed by atoms with Crippen molar-refractivity contribution in [3.8, 4) is 11.3 Å². The van der Waals surface area contributed by atoms with Gasteiger partial charge in [-0.2, -0.15) is 0 Å². The SMILES string of the molecule is CC(C)CC(NC(=O)CCc1ncc(-c2ccc(Cl)cc2Cl)o1)c1nc2ccccc2[nH]1. The zero-order chi connectivity index (χ0) is 22.7. The Morgan fingerprint density at radius 3 is 2.75 bits per heavy atom. The van der Waals surface area contributed by atoms with Crippen LogP contribution in [0.15, 0.2) is 53.1 Å². The number of benzene rings is 2. The summed E-state index contributed by atoms with van der Waals surface area (Å²) >= 11 is 12.2. The van der Waals surface area contributed by atoms with Gasteiger partial charge in [0.15, 0.2) is 11.7 Å². The topological polar surface area (TPSA) is 83.8 Å². The maximum Gasteiger partial charge on any atom is 0.221 e. The van der Waals surface area contributed by atoms with Crippen molar-refractivity contribution in [2.75, 3.05) is 0 Å². The first-order valence-corrected chi connectivity index (χ1v) is 11.3. The van der Waals surface area contributed by atoms with Crippen LogP contribution in [0.2, 0.25) is 10.0 Å². The molecular formula is C24H24Cl2N4O2. The first-order chi connectivity index (χ1) is 15.4. The Bertz CT molecular complexity index is 1200. The predicted octanol–water partition coefficient (Wildman–Crippen LogP) is 6.36. The molecule has 8 heteroatoms. The molecule has 2 N–H and O–H groups in total. The quantitative estimate of drug-likeness (QED) is 0.313. The molecule has 4 aromatic rings. The Kier molecular flexibility index (Phi) is 6.82. The number of carbonyl (C=O) groups is 1. The largest absolute Gasteiger partial charge is 0.441 e. The van der Waals surface area contributed by atoms with E-state index in [0.29, 0.717) is 39.6 Å². The number of H-pyrrole nitrogens is 1. The maximum atomic E-state index is 12.7. The highest BCUT2D eigenvalue weighted by Gasteiger charge is 2.20. The van der Waals surface area contributed by atoms with Gasteiger partial charge in [0, 0.05) is 23.4 Å². The number of amides is 1. The number of aryl methyl sites for hydroxylation is 1. The molecule has 2 heterocycles. The van der Waals surface area contributed by atoms with Crippen LogP contribution in [0, 0.1) is 5.92 Å². The standard InChI is InChI=1S/C24H24Cl2N4O2/c1-14(2)11-20(24-29-18-5-3-4-6-19(18)30-24)28-22(31)9-10-23-27-13-21(32-23)16-8-7-15(25)12-17(16)26/h3-8,12-14,20H,9-11H2,1-2H3,(H,28,31)(H,29,30). The van der Waals surface area contributed by atoms with Crippen LogP contribution in [-0.4, -0.2) is 20.9 Å². The van der Waals surface area contributed by atoms with Crippen LogP contribution in [-0.2, 0) is 11.2 Å². The second kappa shape index (κ2) is 9.76. The molecule has 32 heavy (non-hydrogen) atoms. The molecular weight excluding hydrogens is 447 g/mol. The van der Waals surface area contributed by atoms with Crippen molar-refractivity contribution in [1.29, 1.82) is 0 Å². The zero-order valence-electron chi connectivity index (χ0n) is 17.9. The predicted molar refractivity (Wildman–Crippen MR) is 127 cm³/mol. The summed E-state index contributed by atoms with van der Waals surface area (Å²) in [5, 5.41) is 4.15. The molecule has 2 aromatic carbocycles. The van der Waals surface area contributed by atoms with Gasteiger partial charge in [-0.25, -0.2) is 9.97 Å². The lowest BCUT2D eigenvalue weighted by molar-refractivity contribution is -0.122. The second-order valence-electron chi connectivity index (χ2n) is 8.13. The summed E-state index contributed by atoms with van der Waals surface area (Å²) in [4.78, 5) is 25.0. The number of hydrogen-bond donors (Lipinski definition) is 2. The van der Waals surface area contributed by atoms with Gasteiger partial charge in [-0.3, -0.25) is 4.79 Å². The van der Waals surface area contributed by atoms with Crippen molar-refractivity contribution in [2.24, 2.45) is 5.92 Å². The van der Waals surface area contributed by atoms with E-state index in [-0.39, 0.29) is 18.4 Å². The second-order valence-corrected chi connectivity index (χ2v) is 8.97. The number of carbonyl (C=O) groups excluding carboxylic acids is 1. The van der Waals surface area contributed by atoms with Gasteiger partial charge in [0.25, 0.3) is 0 Å². The molecule has 0 aliphatic heterocycles. The lowest BCUT2D eigenvalue weighted by Crippen LogP contribution is -2.30. The molecule has 0 saturated heterocycles. The molecule has 166 valence electrons. The van der Waals surface area contributed by atoms with E-state index >= 15 is 0 Å². The lowest BCUT2D eigenvalue weighted by Gasteiger charge is -2.18. The van der Waals surface area contributed by atoms with Crippen LogP contribution in [0.1, 0.15) is 44.4 Å². The van der Waals surface area contributed by atoms with E-state index in [9.17, 15) is 4.79 Å². The summed E-state index contributed by atoms with van der Waals surface area (Å²) in [6.45, 7) is 4.25. The fourth-order valence-corrected chi connectivity index (χ4v) is 4.08. The van der Waals surface area contributed by atoms with Gasteiger partial charge in [0.1, 0.15) is 5.82 Å². The fourth-order valence-electron chi connectivity index (χ4n) is 3.57. The maximum absolute atomic E-state index is 12.7. The minimum absolute atomic E-state index is 0.0830. The third kappa shape index (κ3) is 5.31. The summed E-state index contributed by atoms with van der Waals surface area (Å²) in [5.41, 5.74) is 2.55. The van der Waals surface area contributed by atoms with E-state index in [0.717, 1.165) is 23.3 Å². The molecule has 0 aliphatic rings. The number of nitrogens with one attached hydrogen (secondary N) is 2. The van der Waals surface area contributed by atoms with E-state index in [1.165, 1.54) is 0 Å². The number of fused-ring (bicyclic) bond motifs is 1. The van der Waals surface area contributed by atoms with Crippen molar-refractivity contribution in [3.63, 3.8) is 0 Å². The number of para-hydroxylation sites is 2. The summed E-state index contributed by atoms with van der Waals surface area (Å²) in [7, 11) is 0. The number of imidazole rings is 1. The van der Waals surface area contributed by atoms with Crippen LogP contribution in [0.4, 0.5) is 0 Å². The molecule has 4 rings (SSSR count). The van der Waals surface area contributed by atoms with Crippen LogP contribution in [0.3, 0.4) is 0 Å². The molecule has 0 aliphatic carbocycles. The minimum Gasteiger partial charge on any atom is -0.441 e. The van der Waals surface area contributed by atoms with Crippen molar-refractivity contribution in [2.45, 2.75) is 39.2 Å². The number of hydrogen-bond acceptors (Lipinski definition) is 4. The first kappa shape index (κ1) is 22.4. The fraction of sp³-hybridized carbons (Fsp3) is 0.292. The summed E-state index contributed by atoms with van der Waals surface area (Å²) in [6, 6.07) is 12.8. The molecule has 2 aromatic heterocycles. The van der Waals surface area contributed by atoms with Crippen LogP contribution in [0.25, 0.3) is 22.4 Å². The van der Waals surface area contributed by atoms with Crippen LogP contribution >= 0.6 is 23.2 Å². The summed E-state index contributed by atoms with van der Waals surface area (Å²) < 4.78 is 5.80. The van der Waals surface area contributed by atoms with E-state index in [1.54, 1.807) is 24.4 Å². The molecule has 1 amide bonds. The zero-order valence-corrected chi connectivity index (χ0v) is 19.4. The lowest BCUT2D eigenvalue weighted by atomic mass is 10.0. The highest BCUT2D eigenvalue weighted by Crippen LogP contribution is 2.31. The molecule has 0 bridgehead atoms. The van der Waals surface area contributed by atoms with Gasteiger partial charge in [0.2, 0.25) is 5.91 Å². The molecule has 0 saturated carbocycles. The number of aromatic nitrogens is 3. The molecule has 1 atom stereocenters. The van der Waals surface area contributed by atoms with Crippen molar-refractivity contribution in [1.82, 2.24) is 20.3 Å². The highest BCUT2D eigenvalue weighted by molar-refractivity contribution is 6.36. The third-order valence-electron chi connectivity index (χ3n) is 5.10. The normalized spacial score (nSPS) is 12.4. The molecule has 0 radical (unpaired) electrons. The Hall–Kier alpha value is -2.83. The van der Waals surface area contributed by atoms with Crippen molar-refractivity contribution >= 4 is 40.1 Å². The number of oxazole rings is 1. The van der Waals surface area contributed by atoms with E-state index < -0.39 is 0 Å². The van der Waals surface area contributed by atoms with Gasteiger partial charge in [-0.1, -0.05) is 49.2 Å². The highest BCUT2D eigenvalue weighted by atomic mass is 35.5. The Balaban J connectivity index is 1.41. The molecule has 6 nitrogen and oxygen atoms in total. The van der Waals surface area contributed by atoms with Gasteiger partial charge in [0.05, 0.1) is 28.3 Å². The minimum atomic E-state index is -0.192. The average Bonchev–Trinajstić information content (AvgIpc) is 3.38. The molecule has 1 unspecified atom stereocenters. The Morgan fingerprint density at radius 2 is 2.00 bits per heavy atom. The Labute approximate surface area is 196 Å². The average molecular weight is 471 g/mol. The summed E-state index contributed by atoms with van der Waals surface area (Å²) in [5.74, 6) is 2.10. The molecule has 0 fully saturated rings. The van der Waals surface area contributed by atoms with Gasteiger partial charge < -0.3 is 14.7 Å². The van der Waals surface area contributed by atoms with Crippen molar-refractivity contribution in [3.05, 3.63) is 70.4 Å². The summed E-state index contributed by atoms with van der Waals surface area (Å²) in [6.07, 6.45) is 3.02. The van der Waals surface area contributed by atoms with Gasteiger partial charge in [-0.05, 0) is 42.7 Å². The number of aromatic amines is 1. The Morgan fingerprint density at radius 1 is 1.19 bits per heavy atom. The smallest absolute Gasteiger partial charge is 0.221 e. The van der Waals surface area contributed by atoms with E-state index in [4.69, 9.17) is 27.6 Å². The van der Waals surface area contributed by atoms with Gasteiger partial charge in [-0.15, -0.1) is 0 Å². The van der Waals surface area contributed by atoms with Crippen molar-refractivity contribution < 1.29 is 9.21 Å². The van der Waals surface area contributed by atoms with E-state index in [2.05, 4.69) is 34.1 Å². The number of nitrogens with zero attached hydrogens (tertiary/aromatic N) is 2. The number of rotatable bonds is 8. The number of halogens is 2. The van der Waals surface area contributed by atoms with Crippen LogP contribution in [0.5, 0.6) is 0 Å². The monoisotopic (exact) mass is 470 g/mol. The van der Waals surface area contributed by atoms with Crippen LogP contribution < -0.4 is 5.32 Å². The van der Waals surface area contributed by atoms with Gasteiger partial charge >= 0.3 is 0 Å².